The molecule has 142 valence electrons. The number of piperidine rings is 1. The van der Waals surface area contributed by atoms with Crippen molar-refractivity contribution >= 4 is 5.91 Å². The Morgan fingerprint density at radius 3 is 2.63 bits per heavy atom. The van der Waals surface area contributed by atoms with E-state index < -0.39 is 11.4 Å². The second kappa shape index (κ2) is 6.97. The molecule has 0 bridgehead atoms. The fourth-order valence-electron chi connectivity index (χ4n) is 4.43. The molecule has 4 rings (SSSR count). The Hall–Kier alpha value is -2.40. The third-order valence-corrected chi connectivity index (χ3v) is 5.83. The Kier molecular flexibility index (Phi) is 4.64. The van der Waals surface area contributed by atoms with Gasteiger partial charge in [0.15, 0.2) is 0 Å². The summed E-state index contributed by atoms with van der Waals surface area (Å²) in [6.07, 6.45) is 2.23. The molecule has 5 heteroatoms. The molecule has 4 nitrogen and oxygen atoms in total. The van der Waals surface area contributed by atoms with Crippen molar-refractivity contribution < 1.29 is 18.7 Å². The maximum absolute atomic E-state index is 14.2. The Morgan fingerprint density at radius 1 is 1.19 bits per heavy atom. The quantitative estimate of drug-likeness (QED) is 0.807. The first-order valence-corrected chi connectivity index (χ1v) is 9.40. The number of carbonyl (C=O) groups is 1. The lowest BCUT2D eigenvalue weighted by atomic mass is 9.78. The molecule has 1 amide bonds. The third kappa shape index (κ3) is 3.00. The third-order valence-electron chi connectivity index (χ3n) is 5.83. The van der Waals surface area contributed by atoms with Crippen LogP contribution in [0.4, 0.5) is 4.39 Å². The van der Waals surface area contributed by atoms with E-state index in [-0.39, 0.29) is 11.5 Å². The summed E-state index contributed by atoms with van der Waals surface area (Å²) < 4.78 is 26.1. The maximum Gasteiger partial charge on any atom is 0.257 e. The fourth-order valence-corrected chi connectivity index (χ4v) is 4.43. The van der Waals surface area contributed by atoms with E-state index in [1.807, 2.05) is 12.1 Å². The van der Waals surface area contributed by atoms with Crippen LogP contribution in [0.2, 0.25) is 0 Å². The zero-order valence-electron chi connectivity index (χ0n) is 15.8. The normalized spacial score (nSPS) is 18.3. The van der Waals surface area contributed by atoms with E-state index in [0.717, 1.165) is 17.7 Å². The predicted octanol–water partition coefficient (Wildman–Crippen LogP) is 3.85. The molecule has 2 aliphatic heterocycles. The number of aryl methyl sites for hydroxylation is 1. The standard InChI is InChI=1S/C22H24FNO3/c1-15-5-3-7-17(23)19(15)21(25)24-12-10-22(11-13-24)20-16(9-14-27-22)6-4-8-18(20)26-2/h3-8H,9-14H2,1-2H3. The number of amides is 1. The van der Waals surface area contributed by atoms with E-state index in [1.54, 1.807) is 31.1 Å². The summed E-state index contributed by atoms with van der Waals surface area (Å²) in [6, 6.07) is 10.9. The van der Waals surface area contributed by atoms with Gasteiger partial charge in [0.05, 0.1) is 19.3 Å². The molecule has 0 aromatic heterocycles. The molecule has 1 saturated heterocycles. The van der Waals surface area contributed by atoms with Crippen molar-refractivity contribution in [3.8, 4) is 5.75 Å². The summed E-state index contributed by atoms with van der Waals surface area (Å²) >= 11 is 0. The highest BCUT2D eigenvalue weighted by molar-refractivity contribution is 5.96. The summed E-state index contributed by atoms with van der Waals surface area (Å²) in [5.74, 6) is 0.148. The lowest BCUT2D eigenvalue weighted by Crippen LogP contribution is -2.48. The highest BCUT2D eigenvalue weighted by Gasteiger charge is 2.44. The van der Waals surface area contributed by atoms with Gasteiger partial charge in [0.1, 0.15) is 17.2 Å². The minimum absolute atomic E-state index is 0.177. The lowest BCUT2D eigenvalue weighted by molar-refractivity contribution is -0.0947. The summed E-state index contributed by atoms with van der Waals surface area (Å²) in [5, 5.41) is 0. The van der Waals surface area contributed by atoms with Gasteiger partial charge in [-0.2, -0.15) is 0 Å². The molecule has 2 heterocycles. The summed E-state index contributed by atoms with van der Waals surface area (Å²) in [5.41, 5.74) is 2.79. The van der Waals surface area contributed by atoms with Crippen molar-refractivity contribution in [1.82, 2.24) is 4.90 Å². The number of fused-ring (bicyclic) bond motifs is 2. The van der Waals surface area contributed by atoms with E-state index in [9.17, 15) is 9.18 Å². The molecule has 0 radical (unpaired) electrons. The number of halogens is 1. The minimum Gasteiger partial charge on any atom is -0.496 e. The number of nitrogens with zero attached hydrogens (tertiary/aromatic N) is 1. The summed E-state index contributed by atoms with van der Waals surface area (Å²) in [4.78, 5) is 14.6. The fraction of sp³-hybridized carbons (Fsp3) is 0.409. The van der Waals surface area contributed by atoms with Gasteiger partial charge in [0.25, 0.3) is 5.91 Å². The molecule has 2 aromatic carbocycles. The van der Waals surface area contributed by atoms with Crippen molar-refractivity contribution in [3.63, 3.8) is 0 Å². The SMILES string of the molecule is COc1cccc2c1C1(CCN(C(=O)c3c(C)cccc3F)CC1)OCC2. The van der Waals surface area contributed by atoms with Crippen LogP contribution in [-0.4, -0.2) is 37.6 Å². The monoisotopic (exact) mass is 369 g/mol. The first kappa shape index (κ1) is 18.0. The molecule has 1 fully saturated rings. The van der Waals surface area contributed by atoms with Gasteiger partial charge >= 0.3 is 0 Å². The van der Waals surface area contributed by atoms with Gasteiger partial charge in [-0.25, -0.2) is 4.39 Å². The molecule has 27 heavy (non-hydrogen) atoms. The zero-order chi connectivity index (χ0) is 19.0. The van der Waals surface area contributed by atoms with E-state index in [0.29, 0.717) is 38.1 Å². The Morgan fingerprint density at radius 2 is 1.93 bits per heavy atom. The number of rotatable bonds is 2. The average molecular weight is 369 g/mol. The van der Waals surface area contributed by atoms with Crippen molar-refractivity contribution in [2.75, 3.05) is 26.8 Å². The van der Waals surface area contributed by atoms with Gasteiger partial charge in [-0.05, 0) is 49.4 Å². The Bertz CT molecular complexity index is 837. The molecule has 0 N–H and O–H groups in total. The largest absolute Gasteiger partial charge is 0.496 e. The van der Waals surface area contributed by atoms with E-state index in [4.69, 9.17) is 9.47 Å². The smallest absolute Gasteiger partial charge is 0.257 e. The van der Waals surface area contributed by atoms with Crippen LogP contribution in [0, 0.1) is 12.7 Å². The Labute approximate surface area is 158 Å². The molecule has 2 aliphatic rings. The molecule has 1 spiro atoms. The molecule has 0 saturated carbocycles. The van der Waals surface area contributed by atoms with Gasteiger partial charge in [-0.3, -0.25) is 4.79 Å². The molecule has 2 aromatic rings. The summed E-state index contributed by atoms with van der Waals surface area (Å²) in [6.45, 7) is 3.50. The minimum atomic E-state index is -0.457. The number of ether oxygens (including phenoxy) is 2. The molecule has 0 atom stereocenters. The van der Waals surface area contributed by atoms with E-state index in [1.165, 1.54) is 11.6 Å². The zero-order valence-corrected chi connectivity index (χ0v) is 15.8. The van der Waals surface area contributed by atoms with Gasteiger partial charge in [0, 0.05) is 18.7 Å². The number of hydrogen-bond donors (Lipinski definition) is 0. The van der Waals surface area contributed by atoms with E-state index >= 15 is 0 Å². The van der Waals surface area contributed by atoms with Gasteiger partial charge in [-0.1, -0.05) is 24.3 Å². The first-order valence-electron chi connectivity index (χ1n) is 9.40. The topological polar surface area (TPSA) is 38.8 Å². The number of benzene rings is 2. The van der Waals surface area contributed by atoms with Crippen molar-refractivity contribution in [2.45, 2.75) is 31.8 Å². The molecular formula is C22H24FNO3. The van der Waals surface area contributed by atoms with Crippen LogP contribution in [0.15, 0.2) is 36.4 Å². The Balaban J connectivity index is 1.60. The van der Waals surface area contributed by atoms with Crippen molar-refractivity contribution in [2.24, 2.45) is 0 Å². The van der Waals surface area contributed by atoms with Crippen LogP contribution in [0.1, 0.15) is 39.9 Å². The summed E-state index contributed by atoms with van der Waals surface area (Å²) in [7, 11) is 1.68. The second-order valence-corrected chi connectivity index (χ2v) is 7.31. The number of methoxy groups -OCH3 is 1. The first-order chi connectivity index (χ1) is 13.1. The van der Waals surface area contributed by atoms with Gasteiger partial charge in [0.2, 0.25) is 0 Å². The van der Waals surface area contributed by atoms with Crippen molar-refractivity contribution in [1.29, 1.82) is 0 Å². The number of carbonyl (C=O) groups excluding carboxylic acids is 1. The van der Waals surface area contributed by atoms with Crippen LogP contribution >= 0.6 is 0 Å². The van der Waals surface area contributed by atoms with Crippen LogP contribution in [0.5, 0.6) is 5.75 Å². The maximum atomic E-state index is 14.2. The van der Waals surface area contributed by atoms with Crippen LogP contribution in [-0.2, 0) is 16.8 Å². The molecule has 0 aliphatic carbocycles. The highest BCUT2D eigenvalue weighted by Crippen LogP contribution is 2.46. The van der Waals surface area contributed by atoms with Crippen LogP contribution in [0.3, 0.4) is 0 Å². The van der Waals surface area contributed by atoms with Gasteiger partial charge < -0.3 is 14.4 Å². The second-order valence-electron chi connectivity index (χ2n) is 7.31. The highest BCUT2D eigenvalue weighted by atomic mass is 19.1. The van der Waals surface area contributed by atoms with Crippen molar-refractivity contribution in [3.05, 3.63) is 64.5 Å². The molecule has 0 unspecified atom stereocenters. The number of likely N-dealkylation sites (tertiary alicyclic amines) is 1. The predicted molar refractivity (Wildman–Crippen MR) is 101 cm³/mol. The van der Waals surface area contributed by atoms with Crippen LogP contribution in [0.25, 0.3) is 0 Å². The number of hydrogen-bond acceptors (Lipinski definition) is 3. The lowest BCUT2D eigenvalue weighted by Gasteiger charge is -2.45. The van der Waals surface area contributed by atoms with Gasteiger partial charge in [-0.15, -0.1) is 0 Å². The van der Waals surface area contributed by atoms with E-state index in [2.05, 4.69) is 6.07 Å². The molecular weight excluding hydrogens is 345 g/mol. The average Bonchev–Trinajstić information content (AvgIpc) is 2.68. The van der Waals surface area contributed by atoms with Crippen LogP contribution < -0.4 is 4.74 Å².